The summed E-state index contributed by atoms with van der Waals surface area (Å²) >= 11 is 1.68. The van der Waals surface area contributed by atoms with Crippen LogP contribution in [0.1, 0.15) is 25.3 Å². The van der Waals surface area contributed by atoms with Crippen LogP contribution in [0.3, 0.4) is 0 Å². The maximum absolute atomic E-state index is 8.82. The standard InChI is InChI=1S/C14H22N3O3PS/c1-11(15)12-2-4-13(5-3-12)22-17-8-6-14(16,7-9-17)10-20-21(18)19/h2-5,15,18-19H,6-10,16H2,1H3. The molecule has 0 spiro atoms. The highest BCUT2D eigenvalue weighted by Gasteiger charge is 2.32. The lowest BCUT2D eigenvalue weighted by molar-refractivity contribution is 0.143. The quantitative estimate of drug-likeness (QED) is 0.358. The lowest BCUT2D eigenvalue weighted by atomic mass is 9.91. The molecule has 1 fully saturated rings. The van der Waals surface area contributed by atoms with Gasteiger partial charge in [0, 0.05) is 29.2 Å². The van der Waals surface area contributed by atoms with Crippen molar-refractivity contribution in [3.63, 3.8) is 0 Å². The number of nitrogens with one attached hydrogen (secondary N) is 1. The summed E-state index contributed by atoms with van der Waals surface area (Å²) in [4.78, 5) is 18.8. The minimum Gasteiger partial charge on any atom is -0.328 e. The van der Waals surface area contributed by atoms with Gasteiger partial charge < -0.3 is 25.5 Å². The van der Waals surface area contributed by atoms with Crippen molar-refractivity contribution in [1.29, 1.82) is 5.41 Å². The minimum absolute atomic E-state index is 0.178. The largest absolute Gasteiger partial charge is 0.328 e. The van der Waals surface area contributed by atoms with E-state index in [2.05, 4.69) is 4.31 Å². The van der Waals surface area contributed by atoms with Crippen LogP contribution in [0.25, 0.3) is 0 Å². The van der Waals surface area contributed by atoms with Gasteiger partial charge >= 0.3 is 8.60 Å². The van der Waals surface area contributed by atoms with E-state index in [1.165, 1.54) is 0 Å². The van der Waals surface area contributed by atoms with E-state index in [0.717, 1.165) is 36.4 Å². The van der Waals surface area contributed by atoms with Gasteiger partial charge in [0.15, 0.2) is 0 Å². The molecule has 0 saturated carbocycles. The van der Waals surface area contributed by atoms with Crippen molar-refractivity contribution in [2.45, 2.75) is 30.2 Å². The second kappa shape index (κ2) is 7.84. The van der Waals surface area contributed by atoms with Crippen LogP contribution >= 0.6 is 20.6 Å². The van der Waals surface area contributed by atoms with Gasteiger partial charge in [-0.05, 0) is 49.4 Å². The van der Waals surface area contributed by atoms with Gasteiger partial charge in [-0.2, -0.15) is 0 Å². The van der Waals surface area contributed by atoms with Gasteiger partial charge in [0.05, 0.1) is 6.61 Å². The molecule has 22 heavy (non-hydrogen) atoms. The third-order valence-electron chi connectivity index (χ3n) is 3.71. The van der Waals surface area contributed by atoms with E-state index in [0.29, 0.717) is 5.71 Å². The van der Waals surface area contributed by atoms with E-state index in [-0.39, 0.29) is 6.61 Å². The van der Waals surface area contributed by atoms with Gasteiger partial charge in [0.25, 0.3) is 0 Å². The molecule has 8 heteroatoms. The summed E-state index contributed by atoms with van der Waals surface area (Å²) in [5, 5.41) is 7.59. The Bertz CT molecular complexity index is 505. The molecular weight excluding hydrogens is 321 g/mol. The van der Waals surface area contributed by atoms with Gasteiger partial charge in [0.2, 0.25) is 0 Å². The molecule has 1 aliphatic rings. The normalized spacial score (nSPS) is 18.6. The second-order valence-corrected chi connectivity index (χ2v) is 7.49. The number of nitrogens with two attached hydrogens (primary N) is 1. The summed E-state index contributed by atoms with van der Waals surface area (Å²) in [6.07, 6.45) is 1.50. The molecule has 1 aromatic rings. The van der Waals surface area contributed by atoms with Gasteiger partial charge in [-0.3, -0.25) is 0 Å². The molecule has 5 N–H and O–H groups in total. The SMILES string of the molecule is CC(=N)c1ccc(SN2CCC(N)(COP(O)O)CC2)cc1. The Morgan fingerprint density at radius 3 is 2.45 bits per heavy atom. The zero-order valence-corrected chi connectivity index (χ0v) is 14.2. The summed E-state index contributed by atoms with van der Waals surface area (Å²) in [7, 11) is -2.33. The van der Waals surface area contributed by atoms with Crippen molar-refractivity contribution in [3.05, 3.63) is 29.8 Å². The van der Waals surface area contributed by atoms with Crippen molar-refractivity contribution < 1.29 is 14.3 Å². The Kier molecular flexibility index (Phi) is 6.35. The van der Waals surface area contributed by atoms with Gasteiger partial charge in [0.1, 0.15) is 0 Å². The monoisotopic (exact) mass is 343 g/mol. The lowest BCUT2D eigenvalue weighted by Gasteiger charge is -2.38. The summed E-state index contributed by atoms with van der Waals surface area (Å²) in [6, 6.07) is 7.97. The fraction of sp³-hybridized carbons (Fsp3) is 0.500. The van der Waals surface area contributed by atoms with Crippen molar-refractivity contribution in [1.82, 2.24) is 4.31 Å². The van der Waals surface area contributed by atoms with Crippen LogP contribution in [-0.4, -0.2) is 45.0 Å². The van der Waals surface area contributed by atoms with Crippen LogP contribution in [-0.2, 0) is 4.52 Å². The molecule has 0 amide bonds. The van der Waals surface area contributed by atoms with Crippen molar-refractivity contribution in [3.8, 4) is 0 Å². The van der Waals surface area contributed by atoms with E-state index in [1.807, 2.05) is 24.3 Å². The molecule has 1 aromatic carbocycles. The molecule has 1 heterocycles. The second-order valence-electron chi connectivity index (χ2n) is 5.56. The highest BCUT2D eigenvalue weighted by Crippen LogP contribution is 2.32. The number of nitrogens with zero attached hydrogens (tertiary/aromatic N) is 1. The van der Waals surface area contributed by atoms with Crippen molar-refractivity contribution in [2.24, 2.45) is 5.73 Å². The van der Waals surface area contributed by atoms with Crippen LogP contribution in [0, 0.1) is 5.41 Å². The van der Waals surface area contributed by atoms with E-state index in [1.54, 1.807) is 18.9 Å². The van der Waals surface area contributed by atoms with Crippen LogP contribution in [0.15, 0.2) is 29.2 Å². The minimum atomic E-state index is -2.33. The highest BCUT2D eigenvalue weighted by molar-refractivity contribution is 7.97. The number of hydrogen-bond acceptors (Lipinski definition) is 7. The lowest BCUT2D eigenvalue weighted by Crippen LogP contribution is -2.51. The summed E-state index contributed by atoms with van der Waals surface area (Å²) in [6.45, 7) is 3.60. The third-order valence-corrected chi connectivity index (χ3v) is 5.17. The zero-order valence-electron chi connectivity index (χ0n) is 12.5. The average molecular weight is 343 g/mol. The summed E-state index contributed by atoms with van der Waals surface area (Å²) in [5.41, 5.74) is 7.24. The number of benzene rings is 1. The molecule has 2 rings (SSSR count). The molecule has 1 aliphatic heterocycles. The molecule has 6 nitrogen and oxygen atoms in total. The molecule has 0 bridgehead atoms. The number of rotatable bonds is 6. The molecular formula is C14H22N3O3PS. The predicted octanol–water partition coefficient (Wildman–Crippen LogP) is 2.10. The van der Waals surface area contributed by atoms with Gasteiger partial charge in [-0.15, -0.1) is 0 Å². The fourth-order valence-corrected chi connectivity index (χ4v) is 3.56. The number of hydrogen-bond donors (Lipinski definition) is 4. The Labute approximate surface area is 136 Å². The van der Waals surface area contributed by atoms with E-state index in [9.17, 15) is 0 Å². The van der Waals surface area contributed by atoms with Crippen LogP contribution < -0.4 is 5.73 Å². The van der Waals surface area contributed by atoms with Crippen molar-refractivity contribution >= 4 is 26.3 Å². The predicted molar refractivity (Wildman–Crippen MR) is 89.8 cm³/mol. The van der Waals surface area contributed by atoms with Gasteiger partial charge in [-0.25, -0.2) is 4.31 Å². The van der Waals surface area contributed by atoms with E-state index >= 15 is 0 Å². The number of piperidine rings is 1. The van der Waals surface area contributed by atoms with Gasteiger partial charge in [-0.1, -0.05) is 12.1 Å². The van der Waals surface area contributed by atoms with E-state index in [4.69, 9.17) is 25.5 Å². The Morgan fingerprint density at radius 1 is 1.36 bits per heavy atom. The van der Waals surface area contributed by atoms with Crippen LogP contribution in [0.2, 0.25) is 0 Å². The Balaban J connectivity index is 1.83. The molecule has 122 valence electrons. The highest BCUT2D eigenvalue weighted by atomic mass is 32.2. The van der Waals surface area contributed by atoms with Crippen LogP contribution in [0.4, 0.5) is 0 Å². The zero-order chi connectivity index (χ0) is 16.2. The fourth-order valence-electron chi connectivity index (χ4n) is 2.27. The molecule has 0 atom stereocenters. The molecule has 0 aliphatic carbocycles. The average Bonchev–Trinajstić information content (AvgIpc) is 2.49. The summed E-state index contributed by atoms with van der Waals surface area (Å²) < 4.78 is 7.13. The molecule has 0 unspecified atom stereocenters. The maximum Gasteiger partial charge on any atom is 0.327 e. The summed E-state index contributed by atoms with van der Waals surface area (Å²) in [5.74, 6) is 0. The Morgan fingerprint density at radius 2 is 1.95 bits per heavy atom. The molecule has 0 radical (unpaired) electrons. The maximum atomic E-state index is 8.82. The third kappa shape index (κ3) is 5.28. The first-order chi connectivity index (χ1) is 10.4. The first kappa shape index (κ1) is 17.8. The molecule has 0 aromatic heterocycles. The first-order valence-electron chi connectivity index (χ1n) is 7.06. The van der Waals surface area contributed by atoms with E-state index < -0.39 is 14.1 Å². The Hall–Kier alpha value is -0.530. The smallest absolute Gasteiger partial charge is 0.327 e. The van der Waals surface area contributed by atoms with Crippen molar-refractivity contribution in [2.75, 3.05) is 19.7 Å². The topological polar surface area (TPSA) is 103 Å². The van der Waals surface area contributed by atoms with Crippen LogP contribution in [0.5, 0.6) is 0 Å². The first-order valence-corrected chi connectivity index (χ1v) is 9.00. The molecule has 1 saturated heterocycles.